The molecule has 216 valence electrons. The molecule has 0 aromatic heterocycles. The lowest BCUT2D eigenvalue weighted by atomic mass is 10.1. The smallest absolute Gasteiger partial charge is 0.481 e. The molecule has 0 fully saturated rings. The number of hydrogen-bond acceptors (Lipinski definition) is 6. The van der Waals surface area contributed by atoms with E-state index in [1.54, 1.807) is 24.3 Å². The zero-order valence-corrected chi connectivity index (χ0v) is 21.9. The van der Waals surface area contributed by atoms with Crippen LogP contribution in [0.2, 0.25) is 0 Å². The van der Waals surface area contributed by atoms with Gasteiger partial charge in [-0.05, 0) is 65.2 Å². The molecule has 1 atom stereocenters. The number of anilines is 1. The number of carboxylic acid groups (broad SMARTS) is 1. The van der Waals surface area contributed by atoms with E-state index in [1.165, 1.54) is 36.4 Å². The zero-order valence-electron chi connectivity index (χ0n) is 21.9. The van der Waals surface area contributed by atoms with Crippen molar-refractivity contribution < 1.29 is 42.1 Å². The minimum Gasteiger partial charge on any atom is -0.481 e. The molecule has 1 amide bonds. The van der Waals surface area contributed by atoms with Crippen LogP contribution in [0.15, 0.2) is 103 Å². The number of nitrogens with one attached hydrogen (secondary N) is 2. The van der Waals surface area contributed by atoms with E-state index in [2.05, 4.69) is 15.4 Å². The Hall–Kier alpha value is -5.32. The van der Waals surface area contributed by atoms with Gasteiger partial charge in [-0.1, -0.05) is 54.6 Å². The molecule has 0 aliphatic carbocycles. The van der Waals surface area contributed by atoms with Gasteiger partial charge < -0.3 is 25.2 Å². The predicted molar refractivity (Wildman–Crippen MR) is 148 cm³/mol. The molecule has 0 saturated carbocycles. The number of esters is 1. The third-order valence-corrected chi connectivity index (χ3v) is 5.92. The van der Waals surface area contributed by atoms with Crippen molar-refractivity contribution in [3.63, 3.8) is 0 Å². The van der Waals surface area contributed by atoms with Crippen molar-refractivity contribution in [2.45, 2.75) is 18.8 Å². The van der Waals surface area contributed by atoms with E-state index in [1.807, 2.05) is 30.3 Å². The molecule has 8 nitrogen and oxygen atoms in total. The number of alkyl halides is 3. The number of ether oxygens (including phenoxy) is 2. The fourth-order valence-corrected chi connectivity index (χ4v) is 3.96. The first-order valence-corrected chi connectivity index (χ1v) is 12.7. The highest BCUT2D eigenvalue weighted by atomic mass is 19.4. The summed E-state index contributed by atoms with van der Waals surface area (Å²) in [4.78, 5) is 36.3. The van der Waals surface area contributed by atoms with E-state index in [0.29, 0.717) is 5.69 Å². The number of carbonyl (C=O) groups excluding carboxylic acids is 2. The summed E-state index contributed by atoms with van der Waals surface area (Å²) >= 11 is 0. The molecule has 42 heavy (non-hydrogen) atoms. The van der Waals surface area contributed by atoms with Crippen LogP contribution in [-0.2, 0) is 9.59 Å². The van der Waals surface area contributed by atoms with Crippen LogP contribution in [0, 0.1) is 0 Å². The van der Waals surface area contributed by atoms with Crippen molar-refractivity contribution >= 4 is 23.5 Å². The first-order valence-electron chi connectivity index (χ1n) is 12.7. The van der Waals surface area contributed by atoms with Gasteiger partial charge in [0.2, 0.25) is 0 Å². The minimum absolute atomic E-state index is 0.0508. The van der Waals surface area contributed by atoms with Crippen molar-refractivity contribution in [3.05, 3.63) is 114 Å². The molecule has 3 N–H and O–H groups in total. The molecule has 0 spiro atoms. The number of benzene rings is 4. The second-order valence-corrected chi connectivity index (χ2v) is 8.99. The predicted octanol–water partition coefficient (Wildman–Crippen LogP) is 6.22. The lowest BCUT2D eigenvalue weighted by molar-refractivity contribution is -0.274. The number of halogens is 3. The zero-order chi connectivity index (χ0) is 30.1. The van der Waals surface area contributed by atoms with Gasteiger partial charge in [-0.15, -0.1) is 13.2 Å². The monoisotopic (exact) mass is 578 g/mol. The molecular formula is C31H25F3N2O6. The number of rotatable bonds is 11. The highest BCUT2D eigenvalue weighted by molar-refractivity contribution is 5.94. The van der Waals surface area contributed by atoms with Crippen LogP contribution in [0.1, 0.15) is 28.4 Å². The second kappa shape index (κ2) is 13.4. The van der Waals surface area contributed by atoms with Crippen LogP contribution in [0.4, 0.5) is 18.9 Å². The van der Waals surface area contributed by atoms with Gasteiger partial charge >= 0.3 is 18.3 Å². The molecule has 0 radical (unpaired) electrons. The summed E-state index contributed by atoms with van der Waals surface area (Å²) < 4.78 is 48.2. The molecule has 4 rings (SSSR count). The molecule has 0 heterocycles. The topological polar surface area (TPSA) is 114 Å². The van der Waals surface area contributed by atoms with Crippen molar-refractivity contribution in [1.82, 2.24) is 5.32 Å². The van der Waals surface area contributed by atoms with Gasteiger partial charge in [0.1, 0.15) is 11.5 Å². The number of hydrogen-bond donors (Lipinski definition) is 3. The molecule has 0 bridgehead atoms. The largest absolute Gasteiger partial charge is 0.573 e. The summed E-state index contributed by atoms with van der Waals surface area (Å²) in [5, 5.41) is 14.1. The van der Waals surface area contributed by atoms with Gasteiger partial charge in [0, 0.05) is 17.8 Å². The Morgan fingerprint density at radius 3 is 2.10 bits per heavy atom. The average molecular weight is 579 g/mol. The Morgan fingerprint density at radius 1 is 0.786 bits per heavy atom. The van der Waals surface area contributed by atoms with Crippen molar-refractivity contribution in [3.8, 4) is 22.6 Å². The van der Waals surface area contributed by atoms with E-state index in [0.717, 1.165) is 23.3 Å². The molecule has 0 aliphatic rings. The van der Waals surface area contributed by atoms with E-state index in [9.17, 15) is 27.6 Å². The van der Waals surface area contributed by atoms with Crippen LogP contribution >= 0.6 is 0 Å². The Kier molecular flexibility index (Phi) is 9.43. The third-order valence-electron chi connectivity index (χ3n) is 5.92. The first-order chi connectivity index (χ1) is 20.1. The van der Waals surface area contributed by atoms with Crippen molar-refractivity contribution in [2.24, 2.45) is 0 Å². The maximum Gasteiger partial charge on any atom is 0.573 e. The Balaban J connectivity index is 1.54. The minimum atomic E-state index is -4.93. The Bertz CT molecular complexity index is 1530. The highest BCUT2D eigenvalue weighted by Crippen LogP contribution is 2.29. The summed E-state index contributed by atoms with van der Waals surface area (Å²) in [5.74, 6) is -2.64. The summed E-state index contributed by atoms with van der Waals surface area (Å²) in [6, 6.07) is 25.9. The normalized spacial score (nSPS) is 11.7. The number of aliphatic carboxylic acids is 1. The van der Waals surface area contributed by atoms with Crippen LogP contribution in [-0.4, -0.2) is 35.9 Å². The average Bonchev–Trinajstić information content (AvgIpc) is 2.96. The van der Waals surface area contributed by atoms with Crippen LogP contribution in [0.3, 0.4) is 0 Å². The van der Waals surface area contributed by atoms with Crippen LogP contribution < -0.4 is 20.1 Å². The lowest BCUT2D eigenvalue weighted by Crippen LogP contribution is -2.27. The first kappa shape index (κ1) is 29.7. The molecule has 4 aromatic carbocycles. The summed E-state index contributed by atoms with van der Waals surface area (Å²) in [6.45, 7) is -0.0508. The molecular weight excluding hydrogens is 553 g/mol. The number of carboxylic acids is 1. The van der Waals surface area contributed by atoms with E-state index >= 15 is 0 Å². The van der Waals surface area contributed by atoms with Gasteiger partial charge in [0.05, 0.1) is 6.42 Å². The maximum atomic E-state index is 13.4. The second-order valence-electron chi connectivity index (χ2n) is 8.99. The fourth-order valence-electron chi connectivity index (χ4n) is 3.96. The lowest BCUT2D eigenvalue weighted by Gasteiger charge is -2.20. The molecule has 1 unspecified atom stereocenters. The highest BCUT2D eigenvalue weighted by Gasteiger charge is 2.32. The fraction of sp³-hybridized carbons (Fsp3) is 0.129. The van der Waals surface area contributed by atoms with Gasteiger partial charge in [-0.25, -0.2) is 4.79 Å². The van der Waals surface area contributed by atoms with Gasteiger partial charge in [0.15, 0.2) is 6.04 Å². The standard InChI is InChI=1S/C31H25F3N2O6/c32-31(33,34)42-26-8-4-7-23(19-26)28(36-24-13-9-22(10-14-24)29(39)35-18-17-27(37)38)30(40)41-25-15-11-21(12-16-25)20-5-2-1-3-6-20/h1-16,19,28,36H,17-18H2,(H,35,39)(H,37,38). The summed E-state index contributed by atoms with van der Waals surface area (Å²) in [7, 11) is 0. The molecule has 4 aromatic rings. The van der Waals surface area contributed by atoms with E-state index < -0.39 is 36.0 Å². The molecule has 0 aliphatic heterocycles. The van der Waals surface area contributed by atoms with Crippen molar-refractivity contribution in [1.29, 1.82) is 0 Å². The van der Waals surface area contributed by atoms with Gasteiger partial charge in [0.25, 0.3) is 5.91 Å². The summed E-state index contributed by atoms with van der Waals surface area (Å²) in [5.41, 5.74) is 2.60. The number of amides is 1. The SMILES string of the molecule is O=C(O)CCNC(=O)c1ccc(NC(C(=O)Oc2ccc(-c3ccccc3)cc2)c2cccc(OC(F)(F)F)c2)cc1. The van der Waals surface area contributed by atoms with Gasteiger partial charge in [-0.2, -0.15) is 0 Å². The summed E-state index contributed by atoms with van der Waals surface area (Å²) in [6.07, 6.45) is -5.16. The van der Waals surface area contributed by atoms with Gasteiger partial charge in [-0.3, -0.25) is 9.59 Å². The van der Waals surface area contributed by atoms with Crippen LogP contribution in [0.25, 0.3) is 11.1 Å². The quantitative estimate of drug-likeness (QED) is 0.143. The van der Waals surface area contributed by atoms with E-state index in [4.69, 9.17) is 9.84 Å². The molecule has 0 saturated heterocycles. The van der Waals surface area contributed by atoms with E-state index in [-0.39, 0.29) is 29.8 Å². The van der Waals surface area contributed by atoms with Crippen molar-refractivity contribution in [2.75, 3.05) is 11.9 Å². The Morgan fingerprint density at radius 2 is 1.45 bits per heavy atom. The number of carbonyl (C=O) groups is 3. The maximum absolute atomic E-state index is 13.4. The molecule has 11 heteroatoms. The van der Waals surface area contributed by atoms with Crippen LogP contribution in [0.5, 0.6) is 11.5 Å². The Labute approximate surface area is 238 Å². The third kappa shape index (κ3) is 8.59.